The van der Waals surface area contributed by atoms with Crippen LogP contribution in [0, 0.1) is 5.92 Å². The number of hydrogen-bond acceptors (Lipinski definition) is 9. The van der Waals surface area contributed by atoms with E-state index in [9.17, 15) is 19.2 Å². The number of carbonyl (C=O) groups excluding carboxylic acids is 4. The SMILES string of the molecule is C=CC[C@H](NC(=O)[C@@H](CCCN=C(N)N)NC(=O)[C@@H](CCCCN)NC(=O)COc1ccc2ccccc2c1-c1c(OCC2CCCCC2)ccc2ccccc12)C(=O)OCc1ccccc1. The van der Waals surface area contributed by atoms with Gasteiger partial charge in [-0.2, -0.15) is 0 Å². The molecule has 0 aromatic heterocycles. The molecule has 6 rings (SSSR count). The standard InChI is InChI=1S/C53H65N7O7/c1-2-16-44(52(64)67-34-37-19-7-4-8-20-37)60-51(63)43(26-15-32-57-53(55)56)59-50(62)42(25-13-14-31-54)58-47(61)35-66-46-30-28-39-22-10-12-24-41(39)49(46)48-40-23-11-9-21-38(40)27-29-45(48)65-33-36-17-5-3-6-18-36/h2,4,7-12,19-24,27-30,36,42-44H,1,3,5-6,13-18,25-26,31-35,54H2,(H,58,61)(H,59,62)(H,60,63)(H4,55,56,57)/t42-,43-,44+/m1/s1. The summed E-state index contributed by atoms with van der Waals surface area (Å²) in [4.78, 5) is 59.2. The molecule has 0 saturated heterocycles. The number of nitrogens with one attached hydrogen (secondary N) is 3. The molecule has 3 amide bonds. The van der Waals surface area contributed by atoms with Gasteiger partial charge in [0.25, 0.3) is 5.91 Å². The minimum Gasteiger partial charge on any atom is -0.493 e. The van der Waals surface area contributed by atoms with Crippen LogP contribution in [0.4, 0.5) is 0 Å². The number of hydrogen-bond donors (Lipinski definition) is 6. The number of amides is 3. The summed E-state index contributed by atoms with van der Waals surface area (Å²) in [6, 6.07) is 30.0. The highest BCUT2D eigenvalue weighted by atomic mass is 16.5. The summed E-state index contributed by atoms with van der Waals surface area (Å²) in [6.45, 7) is 4.52. The Morgan fingerprint density at radius 1 is 0.687 bits per heavy atom. The number of rotatable bonds is 25. The Kier molecular flexibility index (Phi) is 19.0. The van der Waals surface area contributed by atoms with Crippen molar-refractivity contribution in [2.45, 2.75) is 95.4 Å². The van der Waals surface area contributed by atoms with E-state index in [0.29, 0.717) is 44.1 Å². The lowest BCUT2D eigenvalue weighted by Gasteiger charge is -2.25. The summed E-state index contributed by atoms with van der Waals surface area (Å²) < 4.78 is 18.7. The number of guanidine groups is 1. The molecule has 1 aliphatic rings. The maximum Gasteiger partial charge on any atom is 0.329 e. The second-order valence-corrected chi connectivity index (χ2v) is 17.0. The number of nitrogens with two attached hydrogens (primary N) is 3. The summed E-state index contributed by atoms with van der Waals surface area (Å²) in [5, 5.41) is 12.4. The maximum absolute atomic E-state index is 14.2. The van der Waals surface area contributed by atoms with Gasteiger partial charge in [0.1, 0.15) is 36.2 Å². The number of carbonyl (C=O) groups is 4. The molecule has 9 N–H and O–H groups in total. The molecule has 1 fully saturated rings. The lowest BCUT2D eigenvalue weighted by atomic mass is 9.90. The topological polar surface area (TPSA) is 222 Å². The van der Waals surface area contributed by atoms with Crippen LogP contribution in [0.2, 0.25) is 0 Å². The van der Waals surface area contributed by atoms with E-state index in [2.05, 4.69) is 45.7 Å². The van der Waals surface area contributed by atoms with Gasteiger partial charge in [-0.1, -0.05) is 116 Å². The van der Waals surface area contributed by atoms with Gasteiger partial charge in [0.2, 0.25) is 11.8 Å². The van der Waals surface area contributed by atoms with Crippen molar-refractivity contribution in [3.8, 4) is 22.6 Å². The largest absolute Gasteiger partial charge is 0.493 e. The molecule has 0 radical (unpaired) electrons. The van der Waals surface area contributed by atoms with Gasteiger partial charge < -0.3 is 47.4 Å². The van der Waals surface area contributed by atoms with E-state index in [4.69, 9.17) is 31.4 Å². The molecule has 0 bridgehead atoms. The molecule has 14 nitrogen and oxygen atoms in total. The Morgan fingerprint density at radius 2 is 1.27 bits per heavy atom. The summed E-state index contributed by atoms with van der Waals surface area (Å²) in [5.41, 5.74) is 19.4. The predicted octanol–water partition coefficient (Wildman–Crippen LogP) is 6.95. The van der Waals surface area contributed by atoms with Gasteiger partial charge in [-0.25, -0.2) is 4.79 Å². The average molecular weight is 912 g/mol. The van der Waals surface area contributed by atoms with Crippen molar-refractivity contribution in [1.82, 2.24) is 16.0 Å². The van der Waals surface area contributed by atoms with Crippen LogP contribution >= 0.6 is 0 Å². The number of fused-ring (bicyclic) bond motifs is 2. The fourth-order valence-corrected chi connectivity index (χ4v) is 8.49. The molecular formula is C53H65N7O7. The molecule has 0 unspecified atom stereocenters. The van der Waals surface area contributed by atoms with Crippen LogP contribution in [-0.4, -0.2) is 74.1 Å². The monoisotopic (exact) mass is 911 g/mol. The minimum atomic E-state index is -1.13. The van der Waals surface area contributed by atoms with Gasteiger partial charge in [0.15, 0.2) is 12.6 Å². The summed E-state index contributed by atoms with van der Waals surface area (Å²) in [6.07, 6.45) is 9.33. The molecule has 0 spiro atoms. The number of unbranched alkanes of at least 4 members (excludes halogenated alkanes) is 1. The van der Waals surface area contributed by atoms with Crippen molar-refractivity contribution in [2.75, 3.05) is 26.3 Å². The van der Waals surface area contributed by atoms with E-state index in [1.165, 1.54) is 25.3 Å². The van der Waals surface area contributed by atoms with Crippen LogP contribution in [0.25, 0.3) is 32.7 Å². The third-order valence-corrected chi connectivity index (χ3v) is 12.0. The molecule has 1 aliphatic carbocycles. The highest BCUT2D eigenvalue weighted by Gasteiger charge is 2.30. The number of nitrogens with zero attached hydrogens (tertiary/aromatic N) is 1. The molecular weight excluding hydrogens is 847 g/mol. The van der Waals surface area contributed by atoms with Crippen molar-refractivity contribution >= 4 is 51.2 Å². The minimum absolute atomic E-state index is 0.0108. The molecule has 0 heterocycles. The first-order valence-corrected chi connectivity index (χ1v) is 23.4. The molecule has 5 aromatic rings. The van der Waals surface area contributed by atoms with Crippen molar-refractivity contribution < 1.29 is 33.4 Å². The van der Waals surface area contributed by atoms with E-state index in [-0.39, 0.29) is 38.4 Å². The van der Waals surface area contributed by atoms with Crippen molar-refractivity contribution in [1.29, 1.82) is 0 Å². The fourth-order valence-electron chi connectivity index (χ4n) is 8.49. The molecule has 3 atom stereocenters. The summed E-state index contributed by atoms with van der Waals surface area (Å²) in [7, 11) is 0. The van der Waals surface area contributed by atoms with Crippen LogP contribution in [0.3, 0.4) is 0 Å². The summed E-state index contributed by atoms with van der Waals surface area (Å²) >= 11 is 0. The number of ether oxygens (including phenoxy) is 3. The predicted molar refractivity (Wildman–Crippen MR) is 264 cm³/mol. The van der Waals surface area contributed by atoms with Crippen LogP contribution in [0.15, 0.2) is 121 Å². The van der Waals surface area contributed by atoms with E-state index in [1.807, 2.05) is 84.9 Å². The van der Waals surface area contributed by atoms with Crippen LogP contribution in [0.5, 0.6) is 11.5 Å². The van der Waals surface area contributed by atoms with Crippen molar-refractivity contribution in [3.05, 3.63) is 121 Å². The Bertz CT molecular complexity index is 2470. The lowest BCUT2D eigenvalue weighted by Crippen LogP contribution is -2.56. The molecule has 14 heteroatoms. The number of aliphatic imine (C=N–C) groups is 1. The molecule has 67 heavy (non-hydrogen) atoms. The molecule has 0 aliphatic heterocycles. The van der Waals surface area contributed by atoms with Gasteiger partial charge in [0, 0.05) is 17.7 Å². The highest BCUT2D eigenvalue weighted by molar-refractivity contribution is 6.10. The lowest BCUT2D eigenvalue weighted by molar-refractivity contribution is -0.149. The quantitative estimate of drug-likeness (QED) is 0.0116. The first-order chi connectivity index (χ1) is 32.6. The Balaban J connectivity index is 1.21. The second-order valence-electron chi connectivity index (χ2n) is 17.0. The average Bonchev–Trinajstić information content (AvgIpc) is 3.35. The third-order valence-electron chi connectivity index (χ3n) is 12.0. The van der Waals surface area contributed by atoms with Crippen LogP contribution < -0.4 is 42.6 Å². The first kappa shape index (κ1) is 49.5. The fraction of sp³-hybridized carbons (Fsp3) is 0.377. The van der Waals surface area contributed by atoms with E-state index in [0.717, 1.165) is 56.8 Å². The normalized spacial score (nSPS) is 14.0. The molecule has 5 aromatic carbocycles. The van der Waals surface area contributed by atoms with Gasteiger partial charge in [-0.3, -0.25) is 19.4 Å². The third kappa shape index (κ3) is 14.5. The first-order valence-electron chi connectivity index (χ1n) is 23.4. The van der Waals surface area contributed by atoms with Crippen LogP contribution in [0.1, 0.15) is 76.2 Å². The summed E-state index contributed by atoms with van der Waals surface area (Å²) in [5.74, 6) is -0.843. The Hall–Kier alpha value is -6.93. The molecule has 354 valence electrons. The van der Waals surface area contributed by atoms with E-state index >= 15 is 0 Å². The Morgan fingerprint density at radius 3 is 1.90 bits per heavy atom. The number of benzene rings is 5. The van der Waals surface area contributed by atoms with E-state index < -0.39 is 48.4 Å². The highest BCUT2D eigenvalue weighted by Crippen LogP contribution is 2.46. The molecule has 1 saturated carbocycles. The zero-order valence-electron chi connectivity index (χ0n) is 38.3. The van der Waals surface area contributed by atoms with Gasteiger partial charge >= 0.3 is 5.97 Å². The van der Waals surface area contributed by atoms with Crippen molar-refractivity contribution in [2.24, 2.45) is 28.1 Å². The number of esters is 1. The zero-order chi connectivity index (χ0) is 47.4. The maximum atomic E-state index is 14.2. The van der Waals surface area contributed by atoms with Gasteiger partial charge in [-0.15, -0.1) is 6.58 Å². The Labute approximate surface area is 393 Å². The zero-order valence-corrected chi connectivity index (χ0v) is 38.3. The van der Waals surface area contributed by atoms with Crippen molar-refractivity contribution in [3.63, 3.8) is 0 Å². The van der Waals surface area contributed by atoms with Gasteiger partial charge in [0.05, 0.1) is 6.61 Å². The van der Waals surface area contributed by atoms with E-state index in [1.54, 1.807) is 0 Å². The van der Waals surface area contributed by atoms with Crippen LogP contribution in [-0.2, 0) is 30.5 Å². The smallest absolute Gasteiger partial charge is 0.329 e. The second kappa shape index (κ2) is 25.7. The van der Waals surface area contributed by atoms with Gasteiger partial charge in [-0.05, 0) is 103 Å².